The zero-order valence-electron chi connectivity index (χ0n) is 10.8. The van der Waals surface area contributed by atoms with Crippen molar-refractivity contribution in [3.8, 4) is 0 Å². The summed E-state index contributed by atoms with van der Waals surface area (Å²) in [5.74, 6) is 0. The molecular weight excluding hydrogens is 425 g/mol. The van der Waals surface area contributed by atoms with E-state index in [9.17, 15) is 0 Å². The maximum absolute atomic E-state index is 6.26. The summed E-state index contributed by atoms with van der Waals surface area (Å²) in [6.07, 6.45) is 0.726. The van der Waals surface area contributed by atoms with E-state index in [1.54, 1.807) is 0 Å². The zero-order valence-corrected chi connectivity index (χ0v) is 15.4. The van der Waals surface area contributed by atoms with Crippen molar-refractivity contribution in [2.75, 3.05) is 7.05 Å². The number of halogens is 4. The Bertz CT molecular complexity index is 597. The summed E-state index contributed by atoms with van der Waals surface area (Å²) in [4.78, 5) is 0. The highest BCUT2D eigenvalue weighted by molar-refractivity contribution is 9.11. The van der Waals surface area contributed by atoms with Crippen LogP contribution in [-0.2, 0) is 6.42 Å². The third-order valence-corrected chi connectivity index (χ3v) is 5.08. The lowest BCUT2D eigenvalue weighted by atomic mass is 9.99. The first-order chi connectivity index (χ1) is 9.52. The Kier molecular flexibility index (Phi) is 5.94. The van der Waals surface area contributed by atoms with Gasteiger partial charge >= 0.3 is 0 Å². The van der Waals surface area contributed by atoms with Crippen LogP contribution in [-0.4, -0.2) is 7.05 Å². The molecule has 2 aromatic rings. The molecule has 0 radical (unpaired) electrons. The Balaban J connectivity index is 2.36. The van der Waals surface area contributed by atoms with Gasteiger partial charge in [0.2, 0.25) is 0 Å². The molecule has 5 heteroatoms. The molecule has 1 N–H and O–H groups in total. The predicted octanol–water partition coefficient (Wildman–Crippen LogP) is 6.02. The second-order valence-electron chi connectivity index (χ2n) is 4.41. The maximum atomic E-state index is 6.26. The van der Waals surface area contributed by atoms with Crippen LogP contribution in [0.3, 0.4) is 0 Å². The van der Waals surface area contributed by atoms with Gasteiger partial charge in [-0.25, -0.2) is 0 Å². The normalized spacial score (nSPS) is 12.4. The minimum absolute atomic E-state index is 0.124. The van der Waals surface area contributed by atoms with Crippen molar-refractivity contribution in [3.05, 3.63) is 66.5 Å². The highest BCUT2D eigenvalue weighted by Crippen LogP contribution is 2.33. The van der Waals surface area contributed by atoms with Crippen LogP contribution >= 0.6 is 55.1 Å². The molecule has 2 rings (SSSR count). The average molecular weight is 438 g/mol. The van der Waals surface area contributed by atoms with Crippen LogP contribution in [0.1, 0.15) is 17.2 Å². The molecule has 0 aromatic heterocycles. The summed E-state index contributed by atoms with van der Waals surface area (Å²) >= 11 is 19.6. The summed E-state index contributed by atoms with van der Waals surface area (Å²) in [5, 5.41) is 4.72. The Labute approximate surface area is 145 Å². The smallest absolute Gasteiger partial charge is 0.0453 e. The van der Waals surface area contributed by atoms with Gasteiger partial charge in [0.15, 0.2) is 0 Å². The molecule has 0 saturated carbocycles. The Morgan fingerprint density at radius 1 is 1.10 bits per heavy atom. The highest BCUT2D eigenvalue weighted by atomic mass is 79.9. The number of hydrogen-bond acceptors (Lipinski definition) is 1. The average Bonchev–Trinajstić information content (AvgIpc) is 2.42. The molecule has 0 aliphatic rings. The van der Waals surface area contributed by atoms with Crippen LogP contribution in [0.15, 0.2) is 45.3 Å². The van der Waals surface area contributed by atoms with Gasteiger partial charge in [0.05, 0.1) is 0 Å². The molecular formula is C15H13Br2Cl2N. The molecule has 0 saturated heterocycles. The molecule has 1 atom stereocenters. The third kappa shape index (κ3) is 3.77. The lowest BCUT2D eigenvalue weighted by Gasteiger charge is -2.20. The summed E-state index contributed by atoms with van der Waals surface area (Å²) < 4.78 is 2.10. The van der Waals surface area contributed by atoms with E-state index in [1.807, 2.05) is 37.4 Å². The molecule has 0 heterocycles. The number of likely N-dealkylation sites (N-methyl/N-ethyl adjacent to an activating group) is 1. The molecule has 0 spiro atoms. The first-order valence-corrected chi connectivity index (χ1v) is 8.42. The van der Waals surface area contributed by atoms with Crippen molar-refractivity contribution in [2.45, 2.75) is 12.5 Å². The lowest BCUT2D eigenvalue weighted by molar-refractivity contribution is 0.589. The van der Waals surface area contributed by atoms with Crippen LogP contribution in [0.4, 0.5) is 0 Å². The fraction of sp³-hybridized carbons (Fsp3) is 0.200. The van der Waals surface area contributed by atoms with Crippen molar-refractivity contribution >= 4 is 55.1 Å². The molecule has 0 amide bonds. The van der Waals surface area contributed by atoms with Gasteiger partial charge in [-0.1, -0.05) is 61.1 Å². The Morgan fingerprint density at radius 3 is 2.35 bits per heavy atom. The third-order valence-electron chi connectivity index (χ3n) is 3.15. The zero-order chi connectivity index (χ0) is 14.7. The van der Waals surface area contributed by atoms with Gasteiger partial charge in [-0.2, -0.15) is 0 Å². The molecule has 106 valence electrons. The first-order valence-electron chi connectivity index (χ1n) is 6.08. The minimum Gasteiger partial charge on any atom is -0.313 e. The van der Waals surface area contributed by atoms with Crippen LogP contribution in [0, 0.1) is 0 Å². The summed E-state index contributed by atoms with van der Waals surface area (Å²) in [6.45, 7) is 0. The van der Waals surface area contributed by atoms with Crippen molar-refractivity contribution in [1.29, 1.82) is 0 Å². The molecule has 1 nitrogen and oxygen atoms in total. The molecule has 0 aliphatic carbocycles. The molecule has 0 fully saturated rings. The topological polar surface area (TPSA) is 12.0 Å². The van der Waals surface area contributed by atoms with Crippen LogP contribution < -0.4 is 5.32 Å². The van der Waals surface area contributed by atoms with Gasteiger partial charge in [-0.05, 0) is 54.9 Å². The fourth-order valence-corrected chi connectivity index (χ4v) is 3.53. The van der Waals surface area contributed by atoms with Crippen LogP contribution in [0.25, 0.3) is 0 Å². The van der Waals surface area contributed by atoms with E-state index in [0.717, 1.165) is 26.5 Å². The van der Waals surface area contributed by atoms with Gasteiger partial charge in [-0.15, -0.1) is 0 Å². The van der Waals surface area contributed by atoms with Gasteiger partial charge in [-0.3, -0.25) is 0 Å². The molecule has 2 aromatic carbocycles. The maximum Gasteiger partial charge on any atom is 0.0453 e. The van der Waals surface area contributed by atoms with Crippen LogP contribution in [0.5, 0.6) is 0 Å². The summed E-state index contributed by atoms with van der Waals surface area (Å²) in [6, 6.07) is 11.8. The van der Waals surface area contributed by atoms with E-state index in [0.29, 0.717) is 10.0 Å². The molecule has 1 unspecified atom stereocenters. The highest BCUT2D eigenvalue weighted by Gasteiger charge is 2.17. The number of nitrogens with one attached hydrogen (secondary N) is 1. The monoisotopic (exact) mass is 435 g/mol. The van der Waals surface area contributed by atoms with E-state index in [4.69, 9.17) is 23.2 Å². The van der Waals surface area contributed by atoms with Crippen molar-refractivity contribution in [2.24, 2.45) is 0 Å². The molecule has 20 heavy (non-hydrogen) atoms. The largest absolute Gasteiger partial charge is 0.313 e. The second kappa shape index (κ2) is 7.28. The summed E-state index contributed by atoms with van der Waals surface area (Å²) in [5.41, 5.74) is 2.12. The van der Waals surface area contributed by atoms with Crippen LogP contribution in [0.2, 0.25) is 10.0 Å². The number of rotatable bonds is 4. The number of benzene rings is 2. The van der Waals surface area contributed by atoms with Crippen molar-refractivity contribution in [3.63, 3.8) is 0 Å². The van der Waals surface area contributed by atoms with Gasteiger partial charge < -0.3 is 5.32 Å². The van der Waals surface area contributed by atoms with E-state index < -0.39 is 0 Å². The summed E-state index contributed by atoms with van der Waals surface area (Å²) in [7, 11) is 1.93. The van der Waals surface area contributed by atoms with E-state index in [1.165, 1.54) is 0 Å². The molecule has 0 aliphatic heterocycles. The standard InChI is InChI=1S/C15H13Br2Cl2N/c1-20-15(10-7-9(16)5-6-12(10)17)8-11-13(18)3-2-4-14(11)19/h2-7,15,20H,8H2,1H3. The Morgan fingerprint density at radius 2 is 1.75 bits per heavy atom. The molecule has 0 bridgehead atoms. The van der Waals surface area contributed by atoms with E-state index >= 15 is 0 Å². The van der Waals surface area contributed by atoms with Crippen molar-refractivity contribution in [1.82, 2.24) is 5.32 Å². The van der Waals surface area contributed by atoms with Crippen molar-refractivity contribution < 1.29 is 0 Å². The Hall–Kier alpha value is -0.0600. The lowest BCUT2D eigenvalue weighted by Crippen LogP contribution is -2.19. The van der Waals surface area contributed by atoms with Gasteiger partial charge in [0.25, 0.3) is 0 Å². The first kappa shape index (κ1) is 16.3. The SMILES string of the molecule is CNC(Cc1c(Cl)cccc1Cl)c1cc(Br)ccc1Br. The van der Waals surface area contributed by atoms with E-state index in [2.05, 4.69) is 43.2 Å². The van der Waals surface area contributed by atoms with E-state index in [-0.39, 0.29) is 6.04 Å². The minimum atomic E-state index is 0.124. The second-order valence-corrected chi connectivity index (χ2v) is 7.00. The number of hydrogen-bond donors (Lipinski definition) is 1. The predicted molar refractivity (Wildman–Crippen MR) is 93.8 cm³/mol. The quantitative estimate of drug-likeness (QED) is 0.616. The van der Waals surface area contributed by atoms with Gasteiger partial charge in [0, 0.05) is 25.0 Å². The fourth-order valence-electron chi connectivity index (χ4n) is 2.08. The van der Waals surface area contributed by atoms with Gasteiger partial charge in [0.1, 0.15) is 0 Å².